The maximum atomic E-state index is 14.1. The van der Waals surface area contributed by atoms with Crippen molar-refractivity contribution in [1.29, 1.82) is 0 Å². The van der Waals surface area contributed by atoms with Gasteiger partial charge in [-0.25, -0.2) is 9.98 Å². The van der Waals surface area contributed by atoms with Gasteiger partial charge >= 0.3 is 0 Å². The van der Waals surface area contributed by atoms with Crippen LogP contribution in [0.25, 0.3) is 11.8 Å². The zero-order valence-electron chi connectivity index (χ0n) is 22.2. The van der Waals surface area contributed by atoms with Crippen LogP contribution in [0.4, 0.5) is 5.69 Å². The molecule has 1 aliphatic heterocycles. The van der Waals surface area contributed by atoms with Crippen LogP contribution in [0.2, 0.25) is 0 Å². The molecule has 208 valence electrons. The number of aromatic amines is 1. The number of benzene rings is 3. The van der Waals surface area contributed by atoms with E-state index in [1.807, 2.05) is 36.4 Å². The summed E-state index contributed by atoms with van der Waals surface area (Å²) in [4.78, 5) is 35.6. The summed E-state index contributed by atoms with van der Waals surface area (Å²) in [7, 11) is 1.63. The van der Waals surface area contributed by atoms with E-state index in [4.69, 9.17) is 9.73 Å². The maximum Gasteiger partial charge on any atom is 0.283 e. The normalized spacial score (nSPS) is 15.9. The predicted octanol–water partition coefficient (Wildman–Crippen LogP) is 4.50. The van der Waals surface area contributed by atoms with E-state index in [9.17, 15) is 14.9 Å². The van der Waals surface area contributed by atoms with Crippen molar-refractivity contribution >= 4 is 40.6 Å². The van der Waals surface area contributed by atoms with E-state index in [-0.39, 0.29) is 11.2 Å². The maximum absolute atomic E-state index is 14.1. The van der Waals surface area contributed by atoms with Crippen LogP contribution in [0.3, 0.4) is 0 Å². The molecule has 2 aromatic heterocycles. The molecule has 3 heterocycles. The lowest BCUT2D eigenvalue weighted by Crippen LogP contribution is -2.39. The number of hydrogen-bond acceptors (Lipinski definition) is 9. The molecule has 0 saturated heterocycles. The summed E-state index contributed by atoms with van der Waals surface area (Å²) in [5.41, 5.74) is 5.40. The summed E-state index contributed by atoms with van der Waals surface area (Å²) in [5.74, 6) is 0.695. The summed E-state index contributed by atoms with van der Waals surface area (Å²) in [5, 5.41) is 18.9. The first-order valence-electron chi connectivity index (χ1n) is 13.1. The molecule has 1 N–H and O–H groups in total. The third-order valence-corrected chi connectivity index (χ3v) is 9.32. The van der Waals surface area contributed by atoms with Crippen molar-refractivity contribution in [2.45, 2.75) is 28.9 Å². The van der Waals surface area contributed by atoms with Crippen LogP contribution < -0.4 is 19.6 Å². The highest BCUT2D eigenvalue weighted by molar-refractivity contribution is 7.99. The minimum Gasteiger partial charge on any atom is -0.496 e. The number of para-hydroxylation sites is 1. The number of hydrogen-bond donors (Lipinski definition) is 1. The summed E-state index contributed by atoms with van der Waals surface area (Å²) >= 11 is 2.39. The van der Waals surface area contributed by atoms with Gasteiger partial charge < -0.3 is 4.74 Å². The van der Waals surface area contributed by atoms with Gasteiger partial charge in [-0.3, -0.25) is 24.6 Å². The van der Waals surface area contributed by atoms with Crippen LogP contribution in [-0.2, 0) is 6.42 Å². The van der Waals surface area contributed by atoms with Gasteiger partial charge in [0.05, 0.1) is 33.2 Å². The number of thiazole rings is 1. The van der Waals surface area contributed by atoms with Crippen molar-refractivity contribution in [1.82, 2.24) is 19.7 Å². The van der Waals surface area contributed by atoms with E-state index < -0.39 is 11.0 Å². The minimum atomic E-state index is -0.440. The van der Waals surface area contributed by atoms with Crippen molar-refractivity contribution in [2.75, 3.05) is 7.11 Å². The Kier molecular flexibility index (Phi) is 6.56. The number of aromatic nitrogens is 4. The number of methoxy groups -OCH3 is 1. The Balaban J connectivity index is 1.41. The van der Waals surface area contributed by atoms with Gasteiger partial charge in [0.2, 0.25) is 0 Å². The van der Waals surface area contributed by atoms with Crippen molar-refractivity contribution in [3.05, 3.63) is 131 Å². The zero-order chi connectivity index (χ0) is 28.8. The van der Waals surface area contributed by atoms with E-state index >= 15 is 0 Å². The van der Waals surface area contributed by atoms with Crippen LogP contribution in [0.15, 0.2) is 98.5 Å². The zero-order valence-corrected chi connectivity index (χ0v) is 23.8. The Hall–Kier alpha value is -4.81. The molecular weight excluding hydrogens is 573 g/mol. The van der Waals surface area contributed by atoms with Gasteiger partial charge in [0, 0.05) is 17.2 Å². The lowest BCUT2D eigenvalue weighted by molar-refractivity contribution is -0.387. The number of nitro benzene ring substituents is 1. The monoisotopic (exact) mass is 594 g/mol. The number of fused-ring (bicyclic) bond motifs is 3. The average Bonchev–Trinajstić information content (AvgIpc) is 3.64. The number of nitrogens with zero attached hydrogens (tertiary/aromatic N) is 5. The summed E-state index contributed by atoms with van der Waals surface area (Å²) < 4.78 is 7.92. The first-order chi connectivity index (χ1) is 20.5. The second-order valence-electron chi connectivity index (χ2n) is 9.73. The van der Waals surface area contributed by atoms with Gasteiger partial charge in [-0.05, 0) is 59.5 Å². The molecule has 0 fully saturated rings. The Morgan fingerprint density at radius 1 is 1.14 bits per heavy atom. The largest absolute Gasteiger partial charge is 0.496 e. The van der Waals surface area contributed by atoms with Crippen molar-refractivity contribution in [2.24, 2.45) is 4.99 Å². The molecule has 0 radical (unpaired) electrons. The second-order valence-corrected chi connectivity index (χ2v) is 11.8. The Bertz CT molecular complexity index is 2080. The van der Waals surface area contributed by atoms with Crippen LogP contribution in [-0.4, -0.2) is 31.8 Å². The molecule has 1 atom stereocenters. The number of rotatable bonds is 6. The fourth-order valence-corrected chi connectivity index (χ4v) is 7.32. The van der Waals surface area contributed by atoms with E-state index in [2.05, 4.69) is 27.3 Å². The quantitative estimate of drug-likeness (QED) is 0.226. The smallest absolute Gasteiger partial charge is 0.283 e. The molecule has 0 saturated carbocycles. The van der Waals surface area contributed by atoms with Gasteiger partial charge in [0.15, 0.2) is 9.96 Å². The van der Waals surface area contributed by atoms with Crippen molar-refractivity contribution < 1.29 is 9.66 Å². The van der Waals surface area contributed by atoms with Gasteiger partial charge in [0.1, 0.15) is 12.1 Å². The molecule has 2 aliphatic rings. The summed E-state index contributed by atoms with van der Waals surface area (Å²) in [6.45, 7) is 0. The molecule has 12 heteroatoms. The second kappa shape index (κ2) is 10.5. The molecule has 1 unspecified atom stereocenters. The highest BCUT2D eigenvalue weighted by atomic mass is 32.2. The van der Waals surface area contributed by atoms with Crippen molar-refractivity contribution in [3.63, 3.8) is 0 Å². The predicted molar refractivity (Wildman–Crippen MR) is 159 cm³/mol. The molecule has 5 aromatic rings. The molecule has 0 bridgehead atoms. The van der Waals surface area contributed by atoms with Crippen LogP contribution in [0, 0.1) is 10.1 Å². The fourth-order valence-electron chi connectivity index (χ4n) is 5.54. The molecule has 10 nitrogen and oxygen atoms in total. The van der Waals surface area contributed by atoms with Gasteiger partial charge in [-0.15, -0.1) is 0 Å². The standard InChI is InChI=1S/C30H22N6O4S2/c1-40-23-9-5-4-8-20(23)27-21-12-11-18-6-2-3-7-19(18)26(21)33-30-35(27)28(37)25(42-30)15-17-10-13-24(22(14-17)36(38)39)41-29-31-16-32-34-29/h2-10,13-16,27H,11-12H2,1H3,(H,31,32,34). The average molecular weight is 595 g/mol. The van der Waals surface area contributed by atoms with E-state index in [1.54, 1.807) is 29.9 Å². The molecule has 3 aromatic carbocycles. The van der Waals surface area contributed by atoms with Gasteiger partial charge in [0.25, 0.3) is 11.2 Å². The number of aryl methyl sites for hydroxylation is 1. The molecule has 7 rings (SSSR count). The molecular formula is C30H22N6O4S2. The third-order valence-electron chi connectivity index (χ3n) is 7.38. The van der Waals surface area contributed by atoms with Gasteiger partial charge in [-0.2, -0.15) is 5.10 Å². The third kappa shape index (κ3) is 4.45. The SMILES string of the molecule is COc1ccccc1C1C2=C(N=c3sc(=Cc4ccc(Sc5ncn[nH]5)c([N+](=O)[O-])c4)c(=O)n31)c1ccccc1CC2. The molecule has 0 spiro atoms. The lowest BCUT2D eigenvalue weighted by atomic mass is 9.83. The van der Waals surface area contributed by atoms with E-state index in [0.717, 1.165) is 47.0 Å². The summed E-state index contributed by atoms with van der Waals surface area (Å²) in [6, 6.07) is 20.5. The number of nitro groups is 1. The highest BCUT2D eigenvalue weighted by Gasteiger charge is 2.34. The Morgan fingerprint density at radius 3 is 2.79 bits per heavy atom. The van der Waals surface area contributed by atoms with Crippen molar-refractivity contribution in [3.8, 4) is 5.75 Å². The fraction of sp³-hybridized carbons (Fsp3) is 0.133. The Morgan fingerprint density at radius 2 is 1.98 bits per heavy atom. The van der Waals surface area contributed by atoms with E-state index in [1.165, 1.54) is 29.3 Å². The number of H-pyrrole nitrogens is 1. The lowest BCUT2D eigenvalue weighted by Gasteiger charge is -2.31. The first kappa shape index (κ1) is 26.1. The van der Waals surface area contributed by atoms with Crippen LogP contribution >= 0.6 is 23.1 Å². The molecule has 1 aliphatic carbocycles. The van der Waals surface area contributed by atoms with Crippen LogP contribution in [0.5, 0.6) is 5.75 Å². The number of ether oxygens (including phenoxy) is 1. The molecule has 42 heavy (non-hydrogen) atoms. The van der Waals surface area contributed by atoms with Crippen LogP contribution in [0.1, 0.15) is 34.7 Å². The number of allylic oxidation sites excluding steroid dienone is 1. The topological polar surface area (TPSA) is 128 Å². The minimum absolute atomic E-state index is 0.0862. The molecule has 0 amide bonds. The first-order valence-corrected chi connectivity index (χ1v) is 14.7. The van der Waals surface area contributed by atoms with E-state index in [0.29, 0.717) is 30.7 Å². The Labute approximate surface area is 246 Å². The van der Waals surface area contributed by atoms with Gasteiger partial charge in [-0.1, -0.05) is 59.9 Å². The highest BCUT2D eigenvalue weighted by Crippen LogP contribution is 2.43. The summed E-state index contributed by atoms with van der Waals surface area (Å²) in [6.07, 6.45) is 4.65. The number of nitrogens with one attached hydrogen (secondary N) is 1.